The molecule has 2 nitrogen and oxygen atoms in total. The van der Waals surface area contributed by atoms with E-state index in [1.807, 2.05) is 48.5 Å². The highest BCUT2D eigenvalue weighted by Crippen LogP contribution is 2.35. The largest absolute Gasteiger partial charge is 0.321 e. The molecule has 0 spiro atoms. The van der Waals surface area contributed by atoms with Crippen LogP contribution in [0.3, 0.4) is 0 Å². The van der Waals surface area contributed by atoms with Crippen LogP contribution in [0.2, 0.25) is 5.02 Å². The summed E-state index contributed by atoms with van der Waals surface area (Å²) in [4.78, 5) is 12.0. The van der Waals surface area contributed by atoms with E-state index in [1.54, 1.807) is 0 Å². The van der Waals surface area contributed by atoms with Gasteiger partial charge in [-0.1, -0.05) is 39.7 Å². The van der Waals surface area contributed by atoms with Crippen molar-refractivity contribution in [3.05, 3.63) is 63.1 Å². The molecule has 0 atom stereocenters. The standard InChI is InChI=1S/C15H9BrClNO/c16-10-4-5-14-12(8-10)13(15(19)18-14)7-9-2-1-3-11(17)6-9/h1-8H,(H,18,19). The number of anilines is 1. The Morgan fingerprint density at radius 2 is 2.00 bits per heavy atom. The van der Waals surface area contributed by atoms with Gasteiger partial charge >= 0.3 is 0 Å². The van der Waals surface area contributed by atoms with Crippen molar-refractivity contribution < 1.29 is 4.79 Å². The van der Waals surface area contributed by atoms with Gasteiger partial charge in [-0.25, -0.2) is 0 Å². The van der Waals surface area contributed by atoms with Gasteiger partial charge in [-0.15, -0.1) is 0 Å². The van der Waals surface area contributed by atoms with Crippen molar-refractivity contribution in [3.63, 3.8) is 0 Å². The van der Waals surface area contributed by atoms with Gasteiger partial charge in [-0.2, -0.15) is 0 Å². The molecule has 1 aliphatic heterocycles. The molecule has 0 bridgehead atoms. The highest BCUT2D eigenvalue weighted by Gasteiger charge is 2.23. The van der Waals surface area contributed by atoms with Crippen LogP contribution in [-0.2, 0) is 4.79 Å². The average molecular weight is 335 g/mol. The molecular formula is C15H9BrClNO. The number of hydrogen-bond acceptors (Lipinski definition) is 1. The number of hydrogen-bond donors (Lipinski definition) is 1. The number of rotatable bonds is 1. The zero-order chi connectivity index (χ0) is 13.4. The number of nitrogens with one attached hydrogen (secondary N) is 1. The molecule has 0 aliphatic carbocycles. The maximum absolute atomic E-state index is 12.0. The molecule has 1 amide bonds. The fourth-order valence-electron chi connectivity index (χ4n) is 2.07. The van der Waals surface area contributed by atoms with Crippen LogP contribution in [0.4, 0.5) is 5.69 Å². The lowest BCUT2D eigenvalue weighted by Crippen LogP contribution is -2.03. The molecule has 1 aliphatic rings. The van der Waals surface area contributed by atoms with Crippen LogP contribution in [0.1, 0.15) is 11.1 Å². The van der Waals surface area contributed by atoms with Crippen molar-refractivity contribution in [1.29, 1.82) is 0 Å². The van der Waals surface area contributed by atoms with Crippen LogP contribution >= 0.6 is 27.5 Å². The van der Waals surface area contributed by atoms with Crippen LogP contribution in [0.15, 0.2) is 46.9 Å². The van der Waals surface area contributed by atoms with Crippen molar-refractivity contribution >= 4 is 50.8 Å². The van der Waals surface area contributed by atoms with Crippen LogP contribution in [0.25, 0.3) is 11.6 Å². The van der Waals surface area contributed by atoms with Crippen molar-refractivity contribution in [1.82, 2.24) is 0 Å². The van der Waals surface area contributed by atoms with Gasteiger partial charge < -0.3 is 5.32 Å². The first-order valence-corrected chi connectivity index (χ1v) is 6.89. The van der Waals surface area contributed by atoms with E-state index in [0.29, 0.717) is 10.6 Å². The fourth-order valence-corrected chi connectivity index (χ4v) is 2.63. The van der Waals surface area contributed by atoms with Gasteiger partial charge in [0.15, 0.2) is 0 Å². The number of halogens is 2. The zero-order valence-corrected chi connectivity index (χ0v) is 12.1. The normalized spacial score (nSPS) is 15.5. The minimum absolute atomic E-state index is 0.0897. The second-order valence-corrected chi connectivity index (χ2v) is 5.61. The molecule has 0 saturated heterocycles. The number of carbonyl (C=O) groups excluding carboxylic acids is 1. The summed E-state index contributed by atoms with van der Waals surface area (Å²) in [5, 5.41) is 3.50. The Bertz CT molecular complexity index is 709. The molecule has 3 rings (SSSR count). The molecule has 1 N–H and O–H groups in total. The van der Waals surface area contributed by atoms with Crippen molar-refractivity contribution in [2.24, 2.45) is 0 Å². The molecular weight excluding hydrogens is 326 g/mol. The third kappa shape index (κ3) is 2.44. The van der Waals surface area contributed by atoms with Gasteiger partial charge in [0.25, 0.3) is 5.91 Å². The van der Waals surface area contributed by atoms with E-state index in [4.69, 9.17) is 11.6 Å². The monoisotopic (exact) mass is 333 g/mol. The topological polar surface area (TPSA) is 29.1 Å². The maximum atomic E-state index is 12.0. The van der Waals surface area contributed by atoms with Gasteiger partial charge in [0.1, 0.15) is 0 Å². The number of benzene rings is 2. The summed E-state index contributed by atoms with van der Waals surface area (Å²) in [7, 11) is 0. The second-order valence-electron chi connectivity index (χ2n) is 4.26. The summed E-state index contributed by atoms with van der Waals surface area (Å²) in [6.07, 6.45) is 1.85. The van der Waals surface area contributed by atoms with Crippen molar-refractivity contribution in [3.8, 4) is 0 Å². The van der Waals surface area contributed by atoms with Crippen molar-refractivity contribution in [2.75, 3.05) is 5.32 Å². The molecule has 2 aromatic carbocycles. The van der Waals surface area contributed by atoms with Gasteiger partial charge in [0.2, 0.25) is 0 Å². The first-order valence-electron chi connectivity index (χ1n) is 5.72. The molecule has 4 heteroatoms. The van der Waals surface area contributed by atoms with E-state index < -0.39 is 0 Å². The van der Waals surface area contributed by atoms with Gasteiger partial charge in [0, 0.05) is 26.3 Å². The summed E-state index contributed by atoms with van der Waals surface area (Å²) in [6.45, 7) is 0. The lowest BCUT2D eigenvalue weighted by atomic mass is 10.0. The summed E-state index contributed by atoms with van der Waals surface area (Å²) in [5.41, 5.74) is 3.30. The molecule has 19 heavy (non-hydrogen) atoms. The van der Waals surface area contributed by atoms with Crippen LogP contribution in [0, 0.1) is 0 Å². The van der Waals surface area contributed by atoms with Gasteiger partial charge in [-0.05, 0) is 42.0 Å². The Hall–Kier alpha value is -1.58. The lowest BCUT2D eigenvalue weighted by Gasteiger charge is -2.00. The molecule has 0 saturated carbocycles. The quantitative estimate of drug-likeness (QED) is 0.759. The lowest BCUT2D eigenvalue weighted by molar-refractivity contribution is -0.110. The predicted molar refractivity (Wildman–Crippen MR) is 82.1 cm³/mol. The smallest absolute Gasteiger partial charge is 0.256 e. The summed E-state index contributed by atoms with van der Waals surface area (Å²) >= 11 is 9.38. The Kier molecular flexibility index (Phi) is 3.17. The van der Waals surface area contributed by atoms with E-state index >= 15 is 0 Å². The Morgan fingerprint density at radius 3 is 2.79 bits per heavy atom. The molecule has 94 valence electrons. The van der Waals surface area contributed by atoms with Crippen LogP contribution < -0.4 is 5.32 Å². The molecule has 2 aromatic rings. The van der Waals surface area contributed by atoms with E-state index in [9.17, 15) is 4.79 Å². The molecule has 0 radical (unpaired) electrons. The number of amides is 1. The zero-order valence-electron chi connectivity index (χ0n) is 9.78. The Balaban J connectivity index is 2.11. The van der Waals surface area contributed by atoms with E-state index in [2.05, 4.69) is 21.2 Å². The van der Waals surface area contributed by atoms with Gasteiger partial charge in [-0.3, -0.25) is 4.79 Å². The highest BCUT2D eigenvalue weighted by atomic mass is 79.9. The Labute approximate surface area is 124 Å². The minimum Gasteiger partial charge on any atom is -0.321 e. The fraction of sp³-hybridized carbons (Fsp3) is 0. The summed E-state index contributed by atoms with van der Waals surface area (Å²) in [5.74, 6) is -0.0897. The van der Waals surface area contributed by atoms with E-state index in [0.717, 1.165) is 21.3 Å². The highest BCUT2D eigenvalue weighted by molar-refractivity contribution is 9.10. The first-order chi connectivity index (χ1) is 9.13. The van der Waals surface area contributed by atoms with Gasteiger partial charge in [0.05, 0.1) is 0 Å². The van der Waals surface area contributed by atoms with E-state index in [-0.39, 0.29) is 5.91 Å². The first kappa shape index (κ1) is 12.5. The molecule has 0 aromatic heterocycles. The van der Waals surface area contributed by atoms with Crippen LogP contribution in [0.5, 0.6) is 0 Å². The number of carbonyl (C=O) groups is 1. The molecule has 1 heterocycles. The predicted octanol–water partition coefficient (Wildman–Crippen LogP) is 4.60. The van der Waals surface area contributed by atoms with Crippen molar-refractivity contribution in [2.45, 2.75) is 0 Å². The van der Waals surface area contributed by atoms with E-state index in [1.165, 1.54) is 0 Å². The summed E-state index contributed by atoms with van der Waals surface area (Å²) < 4.78 is 0.944. The third-order valence-electron chi connectivity index (χ3n) is 2.92. The third-order valence-corrected chi connectivity index (χ3v) is 3.65. The minimum atomic E-state index is -0.0897. The molecule has 0 fully saturated rings. The SMILES string of the molecule is O=C1Nc2ccc(Br)cc2C1=Cc1cccc(Cl)c1. The average Bonchev–Trinajstić information content (AvgIpc) is 2.66. The number of fused-ring (bicyclic) bond motifs is 1. The molecule has 0 unspecified atom stereocenters. The second kappa shape index (κ2) is 4.83. The van der Waals surface area contributed by atoms with Crippen LogP contribution in [-0.4, -0.2) is 5.91 Å². The Morgan fingerprint density at radius 1 is 1.16 bits per heavy atom. The summed E-state index contributed by atoms with van der Waals surface area (Å²) in [6, 6.07) is 13.1. The maximum Gasteiger partial charge on any atom is 0.256 e.